The molecular formula is F5K-4. The van der Waals surface area contributed by atoms with Crippen molar-refractivity contribution in [3.8, 4) is 0 Å². The Kier molecular flexibility index (Phi) is 3080. The van der Waals surface area contributed by atoms with E-state index in [0.29, 0.717) is 0 Å². The predicted octanol–water partition coefficient (Wildman–Crippen LogP) is -18.0. The maximum Gasteiger partial charge on any atom is 1.00 e. The summed E-state index contributed by atoms with van der Waals surface area (Å²) in [4.78, 5) is 0. The minimum atomic E-state index is 0. The van der Waals surface area contributed by atoms with E-state index in [1.54, 1.807) is 0 Å². The summed E-state index contributed by atoms with van der Waals surface area (Å²) in [6.45, 7) is 0. The molecule has 0 aromatic heterocycles. The van der Waals surface area contributed by atoms with Crippen molar-refractivity contribution in [1.82, 2.24) is 0 Å². The summed E-state index contributed by atoms with van der Waals surface area (Å²) < 4.78 is 0. The largest absolute Gasteiger partial charge is 1.00 e. The van der Waals surface area contributed by atoms with Crippen LogP contribution in [0.4, 0.5) is 0 Å². The van der Waals surface area contributed by atoms with Gasteiger partial charge in [-0.2, -0.15) is 0 Å². The van der Waals surface area contributed by atoms with Crippen LogP contribution in [0.1, 0.15) is 0 Å². The van der Waals surface area contributed by atoms with E-state index in [2.05, 4.69) is 0 Å². The smallest absolute Gasteiger partial charge is 1.00 e. The first-order chi connectivity index (χ1) is 0. The Labute approximate surface area is 73.9 Å². The summed E-state index contributed by atoms with van der Waals surface area (Å²) in [7, 11) is 0. The molecule has 0 saturated heterocycles. The van der Waals surface area contributed by atoms with E-state index < -0.39 is 0 Å². The van der Waals surface area contributed by atoms with Gasteiger partial charge in [-0.15, -0.1) is 0 Å². The molecule has 0 N–H and O–H groups in total. The van der Waals surface area contributed by atoms with Gasteiger partial charge in [-0.25, -0.2) is 0 Å². The van der Waals surface area contributed by atoms with Crippen molar-refractivity contribution < 1.29 is 74.9 Å². The molecule has 6 heavy (non-hydrogen) atoms. The first-order valence-corrected chi connectivity index (χ1v) is 0. The predicted molar refractivity (Wildman–Crippen MR) is 0 cm³/mol. The number of hydrogen-bond donors (Lipinski definition) is 0. The molecule has 0 bridgehead atoms. The average molecular weight is 134 g/mol. The summed E-state index contributed by atoms with van der Waals surface area (Å²) in [5.41, 5.74) is 0. The van der Waals surface area contributed by atoms with Gasteiger partial charge < -0.3 is 23.5 Å². The van der Waals surface area contributed by atoms with E-state index in [0.717, 1.165) is 0 Å². The fraction of sp³-hybridized carbons (Fsp3) is 0. The fourth-order valence-corrected chi connectivity index (χ4v) is 0. The van der Waals surface area contributed by atoms with Crippen LogP contribution in [0.2, 0.25) is 0 Å². The van der Waals surface area contributed by atoms with Gasteiger partial charge in [-0.05, 0) is 0 Å². The third-order valence-electron chi connectivity index (χ3n) is 0. The molecule has 0 aliphatic rings. The Morgan fingerprint density at radius 3 is 0.333 bits per heavy atom. The number of hydrogen-bond acceptors (Lipinski definition) is 0. The molecular weight excluding hydrogens is 134 g/mol. The van der Waals surface area contributed by atoms with Gasteiger partial charge in [0.2, 0.25) is 0 Å². The van der Waals surface area contributed by atoms with Crippen LogP contribution in [0.25, 0.3) is 0 Å². The summed E-state index contributed by atoms with van der Waals surface area (Å²) in [5, 5.41) is 0. The second-order valence-corrected chi connectivity index (χ2v) is 0. The summed E-state index contributed by atoms with van der Waals surface area (Å²) in [6, 6.07) is 0. The SMILES string of the molecule is [F-].[F-].[F-].[F-].[F-].[K+]. The normalized spacial score (nSPS) is 0. The maximum absolute atomic E-state index is 0. The van der Waals surface area contributed by atoms with Crippen LogP contribution < -0.4 is 74.9 Å². The van der Waals surface area contributed by atoms with Crippen molar-refractivity contribution >= 4 is 0 Å². The number of halogens is 5. The fourth-order valence-electron chi connectivity index (χ4n) is 0. The molecule has 0 spiro atoms. The van der Waals surface area contributed by atoms with E-state index >= 15 is 0 Å². The molecule has 0 unspecified atom stereocenters. The minimum absolute atomic E-state index is 0. The molecule has 0 heterocycles. The second-order valence-electron chi connectivity index (χ2n) is 0. The van der Waals surface area contributed by atoms with Gasteiger partial charge in [0.15, 0.2) is 0 Å². The monoisotopic (exact) mass is 134 g/mol. The molecule has 0 aromatic rings. The Morgan fingerprint density at radius 1 is 0.333 bits per heavy atom. The molecule has 6 heteroatoms. The molecule has 0 nitrogen and oxygen atoms in total. The van der Waals surface area contributed by atoms with E-state index in [-0.39, 0.29) is 74.9 Å². The quantitative estimate of drug-likeness (QED) is 0.228. The zero-order valence-electron chi connectivity index (χ0n) is 2.89. The van der Waals surface area contributed by atoms with E-state index in [4.69, 9.17) is 0 Å². The van der Waals surface area contributed by atoms with Gasteiger partial charge in [0.1, 0.15) is 0 Å². The Morgan fingerprint density at radius 2 is 0.333 bits per heavy atom. The second kappa shape index (κ2) is 106. The van der Waals surface area contributed by atoms with E-state index in [1.807, 2.05) is 0 Å². The molecule has 0 aliphatic carbocycles. The van der Waals surface area contributed by atoms with Crippen molar-refractivity contribution in [1.29, 1.82) is 0 Å². The Balaban J connectivity index is 0. The Hall–Kier alpha value is 1.29. The van der Waals surface area contributed by atoms with Crippen LogP contribution in [0.3, 0.4) is 0 Å². The van der Waals surface area contributed by atoms with Gasteiger partial charge in [-0.1, -0.05) is 0 Å². The van der Waals surface area contributed by atoms with Crippen molar-refractivity contribution in [2.45, 2.75) is 0 Å². The summed E-state index contributed by atoms with van der Waals surface area (Å²) >= 11 is 0. The van der Waals surface area contributed by atoms with Gasteiger partial charge in [0, 0.05) is 0 Å². The molecule has 0 amide bonds. The first-order valence-electron chi connectivity index (χ1n) is 0. The molecule has 0 radical (unpaired) electrons. The zero-order valence-corrected chi connectivity index (χ0v) is 6.01. The third kappa shape index (κ3) is 58.7. The first kappa shape index (κ1) is 174. The van der Waals surface area contributed by atoms with Crippen molar-refractivity contribution in [2.75, 3.05) is 0 Å². The minimum Gasteiger partial charge on any atom is -1.00 e. The molecule has 0 saturated carbocycles. The van der Waals surface area contributed by atoms with Crippen molar-refractivity contribution in [2.24, 2.45) is 0 Å². The van der Waals surface area contributed by atoms with Crippen LogP contribution in [-0.2, 0) is 0 Å². The van der Waals surface area contributed by atoms with Gasteiger partial charge in [0.05, 0.1) is 0 Å². The van der Waals surface area contributed by atoms with Gasteiger partial charge in [0.25, 0.3) is 0 Å². The van der Waals surface area contributed by atoms with Crippen molar-refractivity contribution in [3.05, 3.63) is 0 Å². The third-order valence-corrected chi connectivity index (χ3v) is 0. The molecule has 0 fully saturated rings. The van der Waals surface area contributed by atoms with Crippen LogP contribution in [0.5, 0.6) is 0 Å². The van der Waals surface area contributed by atoms with E-state index in [9.17, 15) is 0 Å². The number of rotatable bonds is 0. The molecule has 0 aromatic carbocycles. The van der Waals surface area contributed by atoms with Gasteiger partial charge in [-0.3, -0.25) is 0 Å². The maximum atomic E-state index is 0. The zero-order chi connectivity index (χ0) is 0. The molecule has 0 rings (SSSR count). The summed E-state index contributed by atoms with van der Waals surface area (Å²) in [5.74, 6) is 0. The molecule has 0 aliphatic heterocycles. The molecule has 40 valence electrons. The van der Waals surface area contributed by atoms with Crippen LogP contribution in [0.15, 0.2) is 0 Å². The average Bonchev–Trinajstić information content (AvgIpc) is 0. The van der Waals surface area contributed by atoms with Crippen LogP contribution in [-0.4, -0.2) is 0 Å². The van der Waals surface area contributed by atoms with Crippen molar-refractivity contribution in [3.63, 3.8) is 0 Å². The van der Waals surface area contributed by atoms with E-state index in [1.165, 1.54) is 0 Å². The molecule has 0 atom stereocenters. The Bertz CT molecular complexity index is 3.90. The van der Waals surface area contributed by atoms with Gasteiger partial charge >= 0.3 is 51.4 Å². The van der Waals surface area contributed by atoms with Crippen LogP contribution in [0, 0.1) is 0 Å². The standard InChI is InChI=1S/5FH.K/h5*1H;/q;;;;;+1/p-5. The topological polar surface area (TPSA) is 0 Å². The van der Waals surface area contributed by atoms with Crippen LogP contribution >= 0.6 is 0 Å². The summed E-state index contributed by atoms with van der Waals surface area (Å²) in [6.07, 6.45) is 0.